The van der Waals surface area contributed by atoms with Gasteiger partial charge in [0.05, 0.1) is 17.4 Å². The van der Waals surface area contributed by atoms with Crippen LogP contribution in [0.15, 0.2) is 24.3 Å². The molecule has 1 heterocycles. The minimum atomic E-state index is -3.25. The Hall–Kier alpha value is -1.38. The van der Waals surface area contributed by atoms with Crippen LogP contribution in [0, 0.1) is 23.2 Å². The lowest BCUT2D eigenvalue weighted by Crippen LogP contribution is -2.30. The second kappa shape index (κ2) is 5.94. The van der Waals surface area contributed by atoms with Crippen molar-refractivity contribution in [3.05, 3.63) is 35.4 Å². The highest BCUT2D eigenvalue weighted by molar-refractivity contribution is 7.88. The van der Waals surface area contributed by atoms with Gasteiger partial charge in [-0.05, 0) is 36.0 Å². The molecule has 4 nitrogen and oxygen atoms in total. The number of nitriles is 1. The van der Waals surface area contributed by atoms with E-state index in [1.165, 1.54) is 0 Å². The number of sulfonamides is 1. The zero-order valence-electron chi connectivity index (χ0n) is 11.9. The summed E-state index contributed by atoms with van der Waals surface area (Å²) in [5.41, 5.74) is 1.28. The van der Waals surface area contributed by atoms with Crippen molar-refractivity contribution in [1.29, 1.82) is 5.26 Å². The number of nitrogens with zero attached hydrogens (tertiary/aromatic N) is 2. The Morgan fingerprint density at radius 1 is 1.35 bits per heavy atom. The van der Waals surface area contributed by atoms with E-state index in [0.29, 0.717) is 30.5 Å². The van der Waals surface area contributed by atoms with E-state index in [4.69, 9.17) is 5.26 Å². The van der Waals surface area contributed by atoms with Gasteiger partial charge in [0, 0.05) is 13.1 Å². The highest BCUT2D eigenvalue weighted by Gasteiger charge is 2.32. The van der Waals surface area contributed by atoms with Crippen molar-refractivity contribution in [3.8, 4) is 6.07 Å². The molecule has 1 fully saturated rings. The normalized spacial score (nSPS) is 20.2. The number of rotatable bonds is 4. The number of hydrogen-bond donors (Lipinski definition) is 0. The Labute approximate surface area is 121 Å². The summed E-state index contributed by atoms with van der Waals surface area (Å²) in [5.74, 6) is 1.000. The van der Waals surface area contributed by atoms with Crippen LogP contribution in [-0.4, -0.2) is 25.8 Å². The van der Waals surface area contributed by atoms with Gasteiger partial charge < -0.3 is 0 Å². The second-order valence-corrected chi connectivity index (χ2v) is 7.68. The van der Waals surface area contributed by atoms with Crippen LogP contribution >= 0.6 is 0 Å². The molecule has 1 unspecified atom stereocenters. The van der Waals surface area contributed by atoms with Crippen LogP contribution in [-0.2, 0) is 15.8 Å². The molecule has 0 radical (unpaired) electrons. The smallest absolute Gasteiger partial charge is 0.212 e. The van der Waals surface area contributed by atoms with Crippen molar-refractivity contribution in [3.63, 3.8) is 0 Å². The summed E-state index contributed by atoms with van der Waals surface area (Å²) in [6, 6.07) is 8.78. The average Bonchev–Trinajstić information content (AvgIpc) is 2.90. The fraction of sp³-hybridized carbons (Fsp3) is 0.533. The molecule has 1 aromatic carbocycles. The predicted molar refractivity (Wildman–Crippen MR) is 78.3 cm³/mol. The molecule has 2 rings (SSSR count). The first-order chi connectivity index (χ1) is 9.42. The molecule has 5 heteroatoms. The van der Waals surface area contributed by atoms with Crippen LogP contribution in [0.2, 0.25) is 0 Å². The fourth-order valence-electron chi connectivity index (χ4n) is 2.53. The van der Waals surface area contributed by atoms with Crippen LogP contribution in [0.4, 0.5) is 0 Å². The lowest BCUT2D eigenvalue weighted by Gasteiger charge is -2.18. The first kappa shape index (κ1) is 15.0. The van der Waals surface area contributed by atoms with Crippen molar-refractivity contribution >= 4 is 10.0 Å². The fourth-order valence-corrected chi connectivity index (χ4v) is 4.13. The van der Waals surface area contributed by atoms with Gasteiger partial charge in [-0.1, -0.05) is 26.0 Å². The first-order valence-corrected chi connectivity index (χ1v) is 8.50. The highest BCUT2D eigenvalue weighted by Crippen LogP contribution is 2.26. The van der Waals surface area contributed by atoms with Gasteiger partial charge in [0.1, 0.15) is 0 Å². The van der Waals surface area contributed by atoms with E-state index in [2.05, 4.69) is 13.8 Å². The number of hydrogen-bond acceptors (Lipinski definition) is 3. The molecule has 0 N–H and O–H groups in total. The van der Waals surface area contributed by atoms with E-state index >= 15 is 0 Å². The van der Waals surface area contributed by atoms with Crippen LogP contribution in [0.5, 0.6) is 0 Å². The molecule has 0 amide bonds. The zero-order valence-corrected chi connectivity index (χ0v) is 12.7. The summed E-state index contributed by atoms with van der Waals surface area (Å²) < 4.78 is 26.4. The van der Waals surface area contributed by atoms with Crippen LogP contribution in [0.25, 0.3) is 0 Å². The molecular formula is C15H20N2O2S. The minimum absolute atomic E-state index is 0.0174. The topological polar surface area (TPSA) is 61.2 Å². The van der Waals surface area contributed by atoms with Crippen molar-refractivity contribution in [2.75, 3.05) is 13.1 Å². The van der Waals surface area contributed by atoms with Crippen LogP contribution < -0.4 is 0 Å². The average molecular weight is 292 g/mol. The van der Waals surface area contributed by atoms with Gasteiger partial charge in [-0.2, -0.15) is 5.26 Å². The Kier molecular flexibility index (Phi) is 4.46. The van der Waals surface area contributed by atoms with E-state index in [1.807, 2.05) is 6.07 Å². The maximum atomic E-state index is 12.4. The van der Waals surface area contributed by atoms with Gasteiger partial charge in [0.25, 0.3) is 0 Å². The van der Waals surface area contributed by atoms with E-state index in [-0.39, 0.29) is 5.75 Å². The van der Waals surface area contributed by atoms with Gasteiger partial charge in [-0.25, -0.2) is 12.7 Å². The summed E-state index contributed by atoms with van der Waals surface area (Å²) in [5, 5.41) is 8.74. The minimum Gasteiger partial charge on any atom is -0.212 e. The molecule has 1 saturated heterocycles. The third-order valence-electron chi connectivity index (χ3n) is 3.96. The Bertz CT molecular complexity index is 600. The standard InChI is InChI=1S/C15H20N2O2S/c1-12(2)15-7-8-17(10-15)20(18,19)11-14-5-3-13(9-16)4-6-14/h3-6,12,15H,7-8,10-11H2,1-2H3. The molecule has 108 valence electrons. The molecule has 0 aromatic heterocycles. The Morgan fingerprint density at radius 3 is 2.50 bits per heavy atom. The van der Waals surface area contributed by atoms with Crippen molar-refractivity contribution in [2.45, 2.75) is 26.0 Å². The molecule has 1 atom stereocenters. The summed E-state index contributed by atoms with van der Waals surface area (Å²) in [4.78, 5) is 0. The lowest BCUT2D eigenvalue weighted by molar-refractivity contribution is 0.388. The molecule has 1 aromatic rings. The highest BCUT2D eigenvalue weighted by atomic mass is 32.2. The van der Waals surface area contributed by atoms with Crippen LogP contribution in [0.1, 0.15) is 31.4 Å². The second-order valence-electron chi connectivity index (χ2n) is 5.72. The van der Waals surface area contributed by atoms with E-state index in [0.717, 1.165) is 12.0 Å². The Morgan fingerprint density at radius 2 is 2.00 bits per heavy atom. The monoisotopic (exact) mass is 292 g/mol. The zero-order chi connectivity index (χ0) is 14.8. The quantitative estimate of drug-likeness (QED) is 0.856. The first-order valence-electron chi connectivity index (χ1n) is 6.89. The largest absolute Gasteiger partial charge is 0.218 e. The molecule has 0 spiro atoms. The molecule has 1 aliphatic heterocycles. The van der Waals surface area contributed by atoms with E-state index in [1.54, 1.807) is 28.6 Å². The van der Waals surface area contributed by atoms with Gasteiger partial charge >= 0.3 is 0 Å². The van der Waals surface area contributed by atoms with Gasteiger partial charge in [0.15, 0.2) is 0 Å². The summed E-state index contributed by atoms with van der Waals surface area (Å²) in [6.07, 6.45) is 0.949. The van der Waals surface area contributed by atoms with Gasteiger partial charge in [0.2, 0.25) is 10.0 Å². The van der Waals surface area contributed by atoms with Crippen molar-refractivity contribution in [2.24, 2.45) is 11.8 Å². The summed E-state index contributed by atoms with van der Waals surface area (Å²) in [7, 11) is -3.25. The van der Waals surface area contributed by atoms with E-state index in [9.17, 15) is 8.42 Å². The van der Waals surface area contributed by atoms with Crippen molar-refractivity contribution in [1.82, 2.24) is 4.31 Å². The maximum absolute atomic E-state index is 12.4. The third kappa shape index (κ3) is 3.38. The Balaban J connectivity index is 2.06. The van der Waals surface area contributed by atoms with E-state index < -0.39 is 10.0 Å². The summed E-state index contributed by atoms with van der Waals surface area (Å²) >= 11 is 0. The molecule has 0 aliphatic carbocycles. The molecule has 20 heavy (non-hydrogen) atoms. The number of benzene rings is 1. The third-order valence-corrected chi connectivity index (χ3v) is 5.77. The maximum Gasteiger partial charge on any atom is 0.218 e. The molecule has 0 bridgehead atoms. The van der Waals surface area contributed by atoms with Gasteiger partial charge in [-0.3, -0.25) is 0 Å². The molecule has 1 aliphatic rings. The lowest BCUT2D eigenvalue weighted by atomic mass is 9.96. The summed E-state index contributed by atoms with van der Waals surface area (Å²) in [6.45, 7) is 5.54. The van der Waals surface area contributed by atoms with Crippen LogP contribution in [0.3, 0.4) is 0 Å². The molecular weight excluding hydrogens is 272 g/mol. The predicted octanol–water partition coefficient (Wildman–Crippen LogP) is 2.37. The molecule has 0 saturated carbocycles. The van der Waals surface area contributed by atoms with Gasteiger partial charge in [-0.15, -0.1) is 0 Å². The SMILES string of the molecule is CC(C)C1CCN(S(=O)(=O)Cc2ccc(C#N)cc2)C1. The van der Waals surface area contributed by atoms with Crippen molar-refractivity contribution < 1.29 is 8.42 Å².